The number of carbonyl (C=O) groups is 1. The summed E-state index contributed by atoms with van der Waals surface area (Å²) in [6, 6.07) is 5.75. The van der Waals surface area contributed by atoms with E-state index in [2.05, 4.69) is 8.92 Å². The summed E-state index contributed by atoms with van der Waals surface area (Å²) in [4.78, 5) is 11.5. The molecule has 0 radical (unpaired) electrons. The zero-order valence-electron chi connectivity index (χ0n) is 9.51. The van der Waals surface area contributed by atoms with Gasteiger partial charge in [0.1, 0.15) is 0 Å². The Morgan fingerprint density at radius 1 is 1.26 bits per heavy atom. The Hall–Kier alpha value is -1.45. The molecule has 2 atom stereocenters. The van der Waals surface area contributed by atoms with E-state index in [4.69, 9.17) is 4.55 Å². The molecule has 0 heterocycles. The van der Waals surface area contributed by atoms with Crippen molar-refractivity contribution in [2.45, 2.75) is 11.8 Å². The van der Waals surface area contributed by atoms with Crippen molar-refractivity contribution in [2.24, 2.45) is 0 Å². The minimum absolute atomic E-state index is 0.656. The Morgan fingerprint density at radius 2 is 1.79 bits per heavy atom. The third kappa shape index (κ3) is 2.94. The highest BCUT2D eigenvalue weighted by Gasteiger charge is 2.66. The normalized spacial score (nSPS) is 16.5. The smallest absolute Gasteiger partial charge is 0.434 e. The number of methoxy groups -OCH3 is 1. The van der Waals surface area contributed by atoms with Crippen LogP contribution in [0.1, 0.15) is 5.56 Å². The molecule has 106 valence electrons. The van der Waals surface area contributed by atoms with Gasteiger partial charge in [0, 0.05) is 5.56 Å². The van der Waals surface area contributed by atoms with E-state index in [1.54, 1.807) is 0 Å². The molecule has 0 aromatic heterocycles. The highest BCUT2D eigenvalue weighted by atomic mass is 32.2. The second kappa shape index (κ2) is 5.68. The van der Waals surface area contributed by atoms with Crippen LogP contribution in [0.25, 0.3) is 0 Å². The van der Waals surface area contributed by atoms with Crippen LogP contribution in [-0.4, -0.2) is 28.0 Å². The number of halogens is 3. The number of rotatable bonds is 4. The van der Waals surface area contributed by atoms with Gasteiger partial charge in [-0.05, 0) is 0 Å². The summed E-state index contributed by atoms with van der Waals surface area (Å²) in [6.07, 6.45) is -5.28. The van der Waals surface area contributed by atoms with E-state index in [9.17, 15) is 22.2 Å². The van der Waals surface area contributed by atoms with E-state index < -0.39 is 34.7 Å². The van der Waals surface area contributed by atoms with E-state index in [0.717, 1.165) is 19.2 Å². The van der Waals surface area contributed by atoms with Crippen molar-refractivity contribution in [1.29, 1.82) is 0 Å². The molecule has 0 aliphatic rings. The van der Waals surface area contributed by atoms with E-state index >= 15 is 0 Å². The average molecular weight is 298 g/mol. The Balaban J connectivity index is 3.53. The maximum absolute atomic E-state index is 13.2. The molecule has 0 aliphatic carbocycles. The predicted octanol–water partition coefficient (Wildman–Crippen LogP) is 1.77. The molecule has 0 bridgehead atoms. The fourth-order valence-corrected chi connectivity index (χ4v) is 1.92. The number of alkyl halides is 3. The van der Waals surface area contributed by atoms with Crippen molar-refractivity contribution in [2.75, 3.05) is 7.11 Å². The molecule has 0 aliphatic heterocycles. The third-order valence-electron chi connectivity index (χ3n) is 2.25. The second-order valence-corrected chi connectivity index (χ2v) is 3.94. The number of benzene rings is 1. The summed E-state index contributed by atoms with van der Waals surface area (Å²) >= 11 is -3.32. The van der Waals surface area contributed by atoms with Crippen LogP contribution in [-0.2, 0) is 30.7 Å². The summed E-state index contributed by atoms with van der Waals surface area (Å²) in [5.74, 6) is -1.84. The zero-order chi connectivity index (χ0) is 14.7. The van der Waals surface area contributed by atoms with Crippen molar-refractivity contribution in [3.63, 3.8) is 0 Å². The molecular formula is C10H9F3O5S. The van der Waals surface area contributed by atoms with Gasteiger partial charge in [0.2, 0.25) is 0 Å². The van der Waals surface area contributed by atoms with Crippen molar-refractivity contribution < 1.29 is 35.6 Å². The largest absolute Gasteiger partial charge is 0.466 e. The van der Waals surface area contributed by atoms with Crippen LogP contribution in [0.2, 0.25) is 0 Å². The molecule has 1 aromatic rings. The minimum atomic E-state index is -5.28. The molecule has 1 rings (SSSR count). The fraction of sp³-hybridized carbons (Fsp3) is 0.300. The van der Waals surface area contributed by atoms with E-state index in [0.29, 0.717) is 0 Å². The van der Waals surface area contributed by atoms with Crippen molar-refractivity contribution in [3.05, 3.63) is 35.9 Å². The highest BCUT2D eigenvalue weighted by Crippen LogP contribution is 2.43. The number of hydrogen-bond donors (Lipinski definition) is 1. The number of esters is 1. The number of ether oxygens (including phenoxy) is 1. The van der Waals surface area contributed by atoms with Gasteiger partial charge in [-0.1, -0.05) is 30.3 Å². The first-order valence-electron chi connectivity index (χ1n) is 4.76. The molecule has 0 spiro atoms. The lowest BCUT2D eigenvalue weighted by Crippen LogP contribution is -2.52. The highest BCUT2D eigenvalue weighted by molar-refractivity contribution is 7.74. The van der Waals surface area contributed by atoms with Gasteiger partial charge in [0.25, 0.3) is 0 Å². The van der Waals surface area contributed by atoms with Gasteiger partial charge < -0.3 is 4.74 Å². The topological polar surface area (TPSA) is 72.8 Å². The Labute approximate surface area is 108 Å². The summed E-state index contributed by atoms with van der Waals surface area (Å²) in [5.41, 5.74) is -4.31. The first kappa shape index (κ1) is 15.6. The molecule has 1 aromatic carbocycles. The fourth-order valence-electron chi connectivity index (χ4n) is 1.45. The molecule has 9 heteroatoms. The van der Waals surface area contributed by atoms with E-state index in [1.165, 1.54) is 18.2 Å². The summed E-state index contributed by atoms with van der Waals surface area (Å²) in [7, 11) is 0.718. The first-order valence-corrected chi connectivity index (χ1v) is 5.80. The van der Waals surface area contributed by atoms with Gasteiger partial charge in [-0.15, -0.1) is 0 Å². The lowest BCUT2D eigenvalue weighted by Gasteiger charge is -2.30. The molecule has 19 heavy (non-hydrogen) atoms. The molecule has 0 amide bonds. The minimum Gasteiger partial charge on any atom is -0.466 e. The van der Waals surface area contributed by atoms with Gasteiger partial charge in [-0.25, -0.2) is 8.98 Å². The lowest BCUT2D eigenvalue weighted by atomic mass is 9.93. The Morgan fingerprint density at radius 3 is 2.16 bits per heavy atom. The predicted molar refractivity (Wildman–Crippen MR) is 58.0 cm³/mol. The Bertz CT molecular complexity index is 476. The molecule has 5 nitrogen and oxygen atoms in total. The zero-order valence-corrected chi connectivity index (χ0v) is 10.3. The van der Waals surface area contributed by atoms with Crippen LogP contribution in [0.3, 0.4) is 0 Å². The number of hydrogen-bond acceptors (Lipinski definition) is 4. The average Bonchev–Trinajstić information content (AvgIpc) is 2.34. The van der Waals surface area contributed by atoms with Gasteiger partial charge in [-0.3, -0.25) is 4.55 Å². The molecule has 0 saturated carbocycles. The lowest BCUT2D eigenvalue weighted by molar-refractivity contribution is -0.256. The van der Waals surface area contributed by atoms with E-state index in [-0.39, 0.29) is 0 Å². The summed E-state index contributed by atoms with van der Waals surface area (Å²) in [6.45, 7) is 0. The summed E-state index contributed by atoms with van der Waals surface area (Å²) in [5, 5.41) is 0. The van der Waals surface area contributed by atoms with E-state index in [1.807, 2.05) is 0 Å². The van der Waals surface area contributed by atoms with Crippen LogP contribution >= 0.6 is 0 Å². The monoisotopic (exact) mass is 298 g/mol. The van der Waals surface area contributed by atoms with Crippen LogP contribution < -0.4 is 0 Å². The van der Waals surface area contributed by atoms with Gasteiger partial charge in [0.15, 0.2) is 0 Å². The maximum Gasteiger partial charge on any atom is 0.434 e. The third-order valence-corrected chi connectivity index (χ3v) is 2.64. The van der Waals surface area contributed by atoms with Crippen LogP contribution in [0.15, 0.2) is 30.3 Å². The molecule has 0 saturated heterocycles. The van der Waals surface area contributed by atoms with Gasteiger partial charge >= 0.3 is 29.1 Å². The molecule has 2 unspecified atom stereocenters. The van der Waals surface area contributed by atoms with Crippen LogP contribution in [0.4, 0.5) is 13.2 Å². The van der Waals surface area contributed by atoms with Crippen LogP contribution in [0.5, 0.6) is 0 Å². The second-order valence-electron chi connectivity index (χ2n) is 3.34. The van der Waals surface area contributed by atoms with Crippen molar-refractivity contribution in [1.82, 2.24) is 0 Å². The quantitative estimate of drug-likeness (QED) is 0.677. The van der Waals surface area contributed by atoms with Crippen molar-refractivity contribution >= 4 is 17.3 Å². The first-order chi connectivity index (χ1) is 8.75. The molecule has 1 N–H and O–H groups in total. The SMILES string of the molecule is COC(=O)C(OS(=O)O)(c1ccccc1)C(F)(F)F. The number of carbonyl (C=O) groups excluding carboxylic acids is 1. The van der Waals surface area contributed by atoms with Crippen LogP contribution in [0, 0.1) is 0 Å². The molecular weight excluding hydrogens is 289 g/mol. The van der Waals surface area contributed by atoms with Crippen molar-refractivity contribution in [3.8, 4) is 0 Å². The standard InChI is InChI=1S/C10H9F3O5S/c1-17-8(14)9(10(11,12)13,18-19(15)16)7-5-3-2-4-6-7/h2-6H,1H3,(H,15,16). The maximum atomic E-state index is 13.2. The molecule has 0 fully saturated rings. The summed E-state index contributed by atoms with van der Waals surface area (Å²) < 4.78 is 66.8. The van der Waals surface area contributed by atoms with Gasteiger partial charge in [-0.2, -0.15) is 17.4 Å². The van der Waals surface area contributed by atoms with Gasteiger partial charge in [0.05, 0.1) is 7.11 Å². The Kier molecular flexibility index (Phi) is 4.66.